The van der Waals surface area contributed by atoms with Crippen LogP contribution in [0.2, 0.25) is 0 Å². The highest BCUT2D eigenvalue weighted by molar-refractivity contribution is 7.15. The van der Waals surface area contributed by atoms with Gasteiger partial charge >= 0.3 is 0 Å². The zero-order valence-electron chi connectivity index (χ0n) is 14.4. The Bertz CT molecular complexity index is 1180. The van der Waals surface area contributed by atoms with E-state index in [-0.39, 0.29) is 5.56 Å². The van der Waals surface area contributed by atoms with Gasteiger partial charge in [0.1, 0.15) is 17.1 Å². The molecule has 2 heterocycles. The number of thiazole rings is 1. The molecule has 6 nitrogen and oxygen atoms in total. The minimum atomic E-state index is -0.500. The fourth-order valence-electron chi connectivity index (χ4n) is 2.60. The van der Waals surface area contributed by atoms with Gasteiger partial charge in [0.25, 0.3) is 11.5 Å². The first-order valence-corrected chi connectivity index (χ1v) is 9.09. The van der Waals surface area contributed by atoms with Crippen LogP contribution >= 0.6 is 11.3 Å². The van der Waals surface area contributed by atoms with Crippen molar-refractivity contribution in [1.29, 1.82) is 0 Å². The lowest BCUT2D eigenvalue weighted by Crippen LogP contribution is -2.25. The van der Waals surface area contributed by atoms with E-state index >= 15 is 0 Å². The maximum atomic E-state index is 12.4. The molecule has 1 amide bonds. The molecule has 0 aliphatic heterocycles. The summed E-state index contributed by atoms with van der Waals surface area (Å²) in [7, 11) is 0. The molecule has 0 fully saturated rings. The number of aromatic nitrogens is 2. The van der Waals surface area contributed by atoms with Crippen LogP contribution in [-0.2, 0) is 0 Å². The van der Waals surface area contributed by atoms with Gasteiger partial charge in [0.2, 0.25) is 0 Å². The highest BCUT2D eigenvalue weighted by Crippen LogP contribution is 2.23. The number of benzene rings is 2. The van der Waals surface area contributed by atoms with E-state index in [9.17, 15) is 9.59 Å². The number of nitrogens with one attached hydrogen (secondary N) is 1. The number of ether oxygens (including phenoxy) is 1. The third-order valence-electron chi connectivity index (χ3n) is 3.92. The Morgan fingerprint density at radius 1 is 1.15 bits per heavy atom. The van der Waals surface area contributed by atoms with Gasteiger partial charge in [-0.15, -0.1) is 11.3 Å². The van der Waals surface area contributed by atoms with Crippen LogP contribution in [0.1, 0.15) is 15.9 Å². The molecule has 0 aliphatic carbocycles. The molecule has 0 bridgehead atoms. The second-order valence-corrected chi connectivity index (χ2v) is 6.80. The standard InChI is InChI=1S/C20H15N3O3S/c1-13-3-2-4-16(11-13)26-15-7-5-14(6-8-15)22-18(24)17-12-21-20-23(19(17)25)9-10-27-20/h2-12H,1H3,(H,22,24). The predicted molar refractivity (Wildman–Crippen MR) is 105 cm³/mol. The first-order valence-electron chi connectivity index (χ1n) is 8.21. The topological polar surface area (TPSA) is 72.7 Å². The highest BCUT2D eigenvalue weighted by atomic mass is 32.1. The summed E-state index contributed by atoms with van der Waals surface area (Å²) < 4.78 is 7.15. The minimum absolute atomic E-state index is 0.00835. The lowest BCUT2D eigenvalue weighted by molar-refractivity contribution is 0.102. The molecule has 0 spiro atoms. The number of nitrogens with zero attached hydrogens (tertiary/aromatic N) is 2. The third-order valence-corrected chi connectivity index (χ3v) is 4.70. The molecule has 0 aliphatic rings. The molecule has 27 heavy (non-hydrogen) atoms. The largest absolute Gasteiger partial charge is 0.457 e. The van der Waals surface area contributed by atoms with E-state index in [1.807, 2.05) is 31.2 Å². The number of rotatable bonds is 4. The lowest BCUT2D eigenvalue weighted by atomic mass is 10.2. The Morgan fingerprint density at radius 2 is 1.96 bits per heavy atom. The number of hydrogen-bond donors (Lipinski definition) is 1. The molecule has 1 N–H and O–H groups in total. The third kappa shape index (κ3) is 3.58. The van der Waals surface area contributed by atoms with Crippen LogP contribution in [0.5, 0.6) is 11.5 Å². The van der Waals surface area contributed by atoms with Crippen molar-refractivity contribution < 1.29 is 9.53 Å². The molecule has 0 saturated heterocycles. The van der Waals surface area contributed by atoms with Gasteiger partial charge in [-0.2, -0.15) is 0 Å². The fraction of sp³-hybridized carbons (Fsp3) is 0.0500. The minimum Gasteiger partial charge on any atom is -0.457 e. The van der Waals surface area contributed by atoms with Crippen LogP contribution in [0.4, 0.5) is 5.69 Å². The molecule has 4 aromatic rings. The molecular weight excluding hydrogens is 362 g/mol. The molecular formula is C20H15N3O3S. The monoisotopic (exact) mass is 377 g/mol. The van der Waals surface area contributed by atoms with Crippen molar-refractivity contribution in [3.63, 3.8) is 0 Å². The molecule has 134 valence electrons. The molecule has 2 aromatic heterocycles. The van der Waals surface area contributed by atoms with E-state index in [4.69, 9.17) is 4.74 Å². The van der Waals surface area contributed by atoms with Crippen molar-refractivity contribution in [3.8, 4) is 11.5 Å². The summed E-state index contributed by atoms with van der Waals surface area (Å²) in [6.07, 6.45) is 2.91. The second-order valence-electron chi connectivity index (χ2n) is 5.93. The smallest absolute Gasteiger partial charge is 0.271 e. The Labute approximate surface area is 158 Å². The van der Waals surface area contributed by atoms with E-state index in [1.165, 1.54) is 21.9 Å². The maximum absolute atomic E-state index is 12.4. The quantitative estimate of drug-likeness (QED) is 0.581. The Kier molecular flexibility index (Phi) is 4.43. The summed E-state index contributed by atoms with van der Waals surface area (Å²) in [6, 6.07) is 14.7. The van der Waals surface area contributed by atoms with Crippen LogP contribution < -0.4 is 15.6 Å². The average Bonchev–Trinajstić information content (AvgIpc) is 3.13. The van der Waals surface area contributed by atoms with Crippen molar-refractivity contribution in [2.75, 3.05) is 5.32 Å². The number of anilines is 1. The van der Waals surface area contributed by atoms with Gasteiger partial charge in [-0.25, -0.2) is 4.98 Å². The first kappa shape index (κ1) is 17.0. The van der Waals surface area contributed by atoms with Gasteiger partial charge in [-0.3, -0.25) is 14.0 Å². The maximum Gasteiger partial charge on any atom is 0.271 e. The van der Waals surface area contributed by atoms with Crippen molar-refractivity contribution in [1.82, 2.24) is 9.38 Å². The second kappa shape index (κ2) is 7.05. The molecule has 0 radical (unpaired) electrons. The number of hydrogen-bond acceptors (Lipinski definition) is 5. The van der Waals surface area contributed by atoms with Gasteiger partial charge in [0, 0.05) is 23.5 Å². The summed E-state index contributed by atoms with van der Waals surface area (Å²) in [5, 5.41) is 4.46. The number of fused-ring (bicyclic) bond motifs is 1. The highest BCUT2D eigenvalue weighted by Gasteiger charge is 2.14. The van der Waals surface area contributed by atoms with Gasteiger partial charge in [-0.05, 0) is 48.9 Å². The average molecular weight is 377 g/mol. The lowest BCUT2D eigenvalue weighted by Gasteiger charge is -2.08. The van der Waals surface area contributed by atoms with Crippen LogP contribution in [0.25, 0.3) is 4.96 Å². The molecule has 0 atom stereocenters. The Hall–Kier alpha value is -3.45. The number of carbonyl (C=O) groups is 1. The number of aryl methyl sites for hydroxylation is 1. The van der Waals surface area contributed by atoms with E-state index < -0.39 is 11.5 Å². The van der Waals surface area contributed by atoms with Gasteiger partial charge < -0.3 is 10.1 Å². The molecule has 4 rings (SSSR count). The SMILES string of the molecule is Cc1cccc(Oc2ccc(NC(=O)c3cnc4sccn4c3=O)cc2)c1. The number of carbonyl (C=O) groups excluding carboxylic acids is 1. The Morgan fingerprint density at radius 3 is 2.74 bits per heavy atom. The fourth-order valence-corrected chi connectivity index (χ4v) is 3.28. The van der Waals surface area contributed by atoms with E-state index in [0.717, 1.165) is 11.3 Å². The van der Waals surface area contributed by atoms with E-state index in [2.05, 4.69) is 10.3 Å². The molecule has 7 heteroatoms. The summed E-state index contributed by atoms with van der Waals surface area (Å²) >= 11 is 1.34. The summed E-state index contributed by atoms with van der Waals surface area (Å²) in [5.74, 6) is 0.899. The molecule has 2 aromatic carbocycles. The van der Waals surface area contributed by atoms with Crippen LogP contribution in [0, 0.1) is 6.92 Å². The van der Waals surface area contributed by atoms with Crippen molar-refractivity contribution in [3.05, 3.63) is 87.8 Å². The van der Waals surface area contributed by atoms with Gasteiger partial charge in [0.15, 0.2) is 4.96 Å². The van der Waals surface area contributed by atoms with Crippen LogP contribution in [0.15, 0.2) is 71.1 Å². The van der Waals surface area contributed by atoms with E-state index in [1.54, 1.807) is 35.8 Å². The van der Waals surface area contributed by atoms with Gasteiger partial charge in [-0.1, -0.05) is 12.1 Å². The number of amides is 1. The summed E-state index contributed by atoms with van der Waals surface area (Å²) in [4.78, 5) is 29.5. The summed E-state index contributed by atoms with van der Waals surface area (Å²) in [6.45, 7) is 2.00. The zero-order valence-corrected chi connectivity index (χ0v) is 15.2. The first-order chi connectivity index (χ1) is 13.1. The van der Waals surface area contributed by atoms with Crippen molar-refractivity contribution >= 4 is 27.9 Å². The summed E-state index contributed by atoms with van der Waals surface area (Å²) in [5.41, 5.74) is 1.27. The molecule has 0 unspecified atom stereocenters. The van der Waals surface area contributed by atoms with Crippen molar-refractivity contribution in [2.24, 2.45) is 0 Å². The van der Waals surface area contributed by atoms with Crippen LogP contribution in [-0.4, -0.2) is 15.3 Å². The Balaban J connectivity index is 1.50. The van der Waals surface area contributed by atoms with Gasteiger partial charge in [0.05, 0.1) is 0 Å². The predicted octanol–water partition coefficient (Wildman–Crippen LogP) is 4.11. The van der Waals surface area contributed by atoms with Crippen LogP contribution in [0.3, 0.4) is 0 Å². The van der Waals surface area contributed by atoms with Crippen molar-refractivity contribution in [2.45, 2.75) is 6.92 Å². The zero-order chi connectivity index (χ0) is 18.8. The molecule has 0 saturated carbocycles. The van der Waals surface area contributed by atoms with E-state index in [0.29, 0.717) is 16.4 Å². The normalized spacial score (nSPS) is 10.7.